The van der Waals surface area contributed by atoms with Crippen molar-refractivity contribution >= 4 is 52.1 Å². The number of aryl methyl sites for hydroxylation is 1. The van der Waals surface area contributed by atoms with Gasteiger partial charge in [0, 0.05) is 92.2 Å². The highest BCUT2D eigenvalue weighted by Gasteiger charge is 2.27. The van der Waals surface area contributed by atoms with E-state index < -0.39 is 23.4 Å². The Hall–Kier alpha value is -6.28. The van der Waals surface area contributed by atoms with Crippen LogP contribution in [-0.4, -0.2) is 85.0 Å². The molecule has 3 saturated heterocycles. The zero-order valence-corrected chi connectivity index (χ0v) is 39.6. The highest BCUT2D eigenvalue weighted by Crippen LogP contribution is 2.35. The van der Waals surface area contributed by atoms with Crippen LogP contribution in [0.4, 0.5) is 32.1 Å². The molecule has 0 saturated carbocycles. The molecular formula is C53H61ClFN9O3. The van der Waals surface area contributed by atoms with Crippen molar-refractivity contribution in [1.82, 2.24) is 20.5 Å². The third kappa shape index (κ3) is 10.8. The van der Waals surface area contributed by atoms with Crippen LogP contribution in [0.5, 0.6) is 0 Å². The molecule has 350 valence electrons. The number of nitrogens with two attached hydrogens (primary N) is 1. The van der Waals surface area contributed by atoms with E-state index >= 15 is 0 Å². The lowest BCUT2D eigenvalue weighted by Crippen LogP contribution is -2.47. The number of piperazine rings is 1. The molecule has 1 atom stereocenters. The highest BCUT2D eigenvalue weighted by atomic mass is 35.5. The van der Waals surface area contributed by atoms with E-state index in [0.29, 0.717) is 40.6 Å². The normalized spacial score (nSPS) is 16.8. The van der Waals surface area contributed by atoms with Crippen molar-refractivity contribution in [3.8, 4) is 11.1 Å². The molecule has 4 aromatic carbocycles. The topological polar surface area (TPSA) is 154 Å². The van der Waals surface area contributed by atoms with E-state index in [9.17, 15) is 19.1 Å². The van der Waals surface area contributed by atoms with Crippen molar-refractivity contribution in [3.05, 3.63) is 148 Å². The quantitative estimate of drug-likeness (QED) is 0.0733. The fourth-order valence-corrected chi connectivity index (χ4v) is 9.72. The summed E-state index contributed by atoms with van der Waals surface area (Å²) >= 11 is 6.70. The van der Waals surface area contributed by atoms with Gasteiger partial charge in [0.25, 0.3) is 5.91 Å². The third-order valence-corrected chi connectivity index (χ3v) is 13.9. The number of nitrogen functional groups attached to an aromatic ring is 1. The molecule has 3 fully saturated rings. The second-order valence-electron chi connectivity index (χ2n) is 18.7. The number of nitrogens with zero attached hydrogens (tertiary/aromatic N) is 5. The fourth-order valence-electron chi connectivity index (χ4n) is 9.45. The van der Waals surface area contributed by atoms with Gasteiger partial charge in [-0.25, -0.2) is 14.2 Å². The maximum Gasteiger partial charge on any atom is 0.326 e. The number of hydrogen-bond acceptors (Lipinski definition) is 9. The molecule has 4 heterocycles. The van der Waals surface area contributed by atoms with E-state index in [1.807, 2.05) is 50.2 Å². The van der Waals surface area contributed by atoms with Gasteiger partial charge in [-0.1, -0.05) is 48.5 Å². The summed E-state index contributed by atoms with van der Waals surface area (Å²) in [6.07, 6.45) is 5.94. The Balaban J connectivity index is 0.804. The Labute approximate surface area is 398 Å². The number of urea groups is 1. The standard InChI is InChI=1S/C53H61ClFN9O3/c1-33-28-38(8-13-43(33)35(3)60-51(65)44-14-9-40(30-47(44)55)53(4,5)67)49(56)45-29-39(32-58-50(45)57)37-6-10-41(11-7-37)63-26-24-61(25-27-63)20-17-36-18-21-62(22-19-36)42-12-15-48(46(54)31-42)64-23-16-34(2)59-52(64)66/h6-15,28-32,35-36,56,67H,2,16-27H2,1,3-5H3,(H2,57,58)(H,59,66)(H,60,65)/t35-/m1/s1. The maximum atomic E-state index is 14.9. The lowest BCUT2D eigenvalue weighted by Gasteiger charge is -2.38. The number of rotatable bonds is 13. The lowest BCUT2D eigenvalue weighted by molar-refractivity contribution is 0.0779. The largest absolute Gasteiger partial charge is 0.386 e. The van der Waals surface area contributed by atoms with Gasteiger partial charge in [0.2, 0.25) is 0 Å². The van der Waals surface area contributed by atoms with Crippen LogP contribution >= 0.6 is 11.6 Å². The molecule has 67 heavy (non-hydrogen) atoms. The average molecular weight is 927 g/mol. The predicted octanol–water partition coefficient (Wildman–Crippen LogP) is 9.43. The van der Waals surface area contributed by atoms with Gasteiger partial charge < -0.3 is 31.3 Å². The Morgan fingerprint density at radius 1 is 0.940 bits per heavy atom. The number of carbonyl (C=O) groups excluding carboxylic acids is 2. The summed E-state index contributed by atoms with van der Waals surface area (Å²) in [5.74, 6) is -0.304. The van der Waals surface area contributed by atoms with Crippen LogP contribution < -0.4 is 31.1 Å². The molecule has 12 nitrogen and oxygen atoms in total. The minimum atomic E-state index is -1.23. The molecule has 0 spiro atoms. The molecule has 0 aliphatic carbocycles. The first-order valence-electron chi connectivity index (χ1n) is 23.2. The van der Waals surface area contributed by atoms with Crippen LogP contribution in [0.15, 0.2) is 103 Å². The van der Waals surface area contributed by atoms with E-state index in [2.05, 4.69) is 67.2 Å². The number of piperidine rings is 1. The molecule has 1 aromatic heterocycles. The molecular weight excluding hydrogens is 865 g/mol. The number of anilines is 4. The highest BCUT2D eigenvalue weighted by molar-refractivity contribution is 6.34. The van der Waals surface area contributed by atoms with Crippen molar-refractivity contribution in [3.63, 3.8) is 0 Å². The van der Waals surface area contributed by atoms with Crippen molar-refractivity contribution in [2.45, 2.75) is 65.0 Å². The molecule has 0 bridgehead atoms. The van der Waals surface area contributed by atoms with Crippen LogP contribution in [0.25, 0.3) is 11.1 Å². The van der Waals surface area contributed by atoms with Crippen LogP contribution in [-0.2, 0) is 5.60 Å². The summed E-state index contributed by atoms with van der Waals surface area (Å²) in [6.45, 7) is 18.4. The van der Waals surface area contributed by atoms with Gasteiger partial charge in [-0.15, -0.1) is 0 Å². The number of benzene rings is 4. The fraction of sp³-hybridized carbons (Fsp3) is 0.358. The van der Waals surface area contributed by atoms with Crippen LogP contribution in [0.1, 0.15) is 90.7 Å². The molecule has 6 N–H and O–H groups in total. The van der Waals surface area contributed by atoms with Crippen LogP contribution in [0, 0.1) is 24.1 Å². The Morgan fingerprint density at radius 3 is 2.30 bits per heavy atom. The monoisotopic (exact) mass is 925 g/mol. The first kappa shape index (κ1) is 47.2. The van der Waals surface area contributed by atoms with Gasteiger partial charge in [-0.2, -0.15) is 0 Å². The summed E-state index contributed by atoms with van der Waals surface area (Å²) in [5.41, 5.74) is 14.1. The number of aromatic nitrogens is 1. The van der Waals surface area contributed by atoms with Gasteiger partial charge in [0.15, 0.2) is 0 Å². The number of pyridine rings is 1. The number of amides is 3. The minimum absolute atomic E-state index is 0.103. The van der Waals surface area contributed by atoms with E-state index in [1.54, 1.807) is 31.0 Å². The van der Waals surface area contributed by atoms with E-state index in [1.165, 1.54) is 24.2 Å². The summed E-state index contributed by atoms with van der Waals surface area (Å²) in [4.78, 5) is 39.1. The second kappa shape index (κ2) is 19.9. The van der Waals surface area contributed by atoms with Crippen molar-refractivity contribution < 1.29 is 19.1 Å². The summed E-state index contributed by atoms with van der Waals surface area (Å²) in [5, 5.41) is 25.6. The summed E-state index contributed by atoms with van der Waals surface area (Å²) < 4.78 is 14.9. The number of aliphatic hydroxyl groups is 1. The lowest BCUT2D eigenvalue weighted by atomic mass is 9.93. The number of nitrogens with one attached hydrogen (secondary N) is 3. The van der Waals surface area contributed by atoms with Crippen LogP contribution in [0.2, 0.25) is 5.02 Å². The minimum Gasteiger partial charge on any atom is -0.386 e. The van der Waals surface area contributed by atoms with Crippen LogP contribution in [0.3, 0.4) is 0 Å². The molecule has 3 aliphatic heterocycles. The number of hydrogen-bond donors (Lipinski definition) is 5. The number of carbonyl (C=O) groups is 2. The van der Waals surface area contributed by atoms with Crippen molar-refractivity contribution in [2.75, 3.05) is 72.8 Å². The Kier molecular flexibility index (Phi) is 14.0. The first-order valence-corrected chi connectivity index (χ1v) is 23.6. The van der Waals surface area contributed by atoms with E-state index in [4.69, 9.17) is 22.7 Å². The molecule has 8 rings (SSSR count). The van der Waals surface area contributed by atoms with Crippen molar-refractivity contribution in [1.29, 1.82) is 5.41 Å². The third-order valence-electron chi connectivity index (χ3n) is 13.6. The molecule has 14 heteroatoms. The molecule has 5 aromatic rings. The molecule has 0 unspecified atom stereocenters. The first-order chi connectivity index (χ1) is 32.0. The Bertz CT molecular complexity index is 2670. The second-order valence-corrected chi connectivity index (χ2v) is 19.1. The van der Waals surface area contributed by atoms with E-state index in [0.717, 1.165) is 98.0 Å². The van der Waals surface area contributed by atoms with Gasteiger partial charge in [-0.3, -0.25) is 20.0 Å². The Morgan fingerprint density at radius 2 is 1.64 bits per heavy atom. The van der Waals surface area contributed by atoms with E-state index in [-0.39, 0.29) is 23.1 Å². The SMILES string of the molecule is C=C1CCN(c2ccc(N3CCC(CCN4CCN(c5ccc(-c6cnc(N)c(C(=N)c7ccc([C@@H](C)NC(=O)c8ccc(C(C)(C)O)cc8F)c(C)c7)c6)cc5)CC4)CC3)cc2Cl)C(=O)N1. The summed E-state index contributed by atoms with van der Waals surface area (Å²) in [6, 6.07) is 25.5. The molecule has 0 radical (unpaired) electrons. The van der Waals surface area contributed by atoms with Gasteiger partial charge in [-0.05, 0) is 136 Å². The average Bonchev–Trinajstić information content (AvgIpc) is 3.31. The van der Waals surface area contributed by atoms with Crippen molar-refractivity contribution in [2.24, 2.45) is 5.92 Å². The zero-order chi connectivity index (χ0) is 47.6. The molecule has 3 aliphatic rings. The zero-order valence-electron chi connectivity index (χ0n) is 38.8. The smallest absolute Gasteiger partial charge is 0.326 e. The summed E-state index contributed by atoms with van der Waals surface area (Å²) in [7, 11) is 0. The van der Waals surface area contributed by atoms with Gasteiger partial charge in [0.1, 0.15) is 11.6 Å². The predicted molar refractivity (Wildman–Crippen MR) is 268 cm³/mol. The maximum absolute atomic E-state index is 14.9. The van der Waals surface area contributed by atoms with Gasteiger partial charge in [0.05, 0.1) is 33.6 Å². The molecule has 3 amide bonds. The van der Waals surface area contributed by atoms with Gasteiger partial charge >= 0.3 is 6.03 Å². The number of halogens is 2.